The van der Waals surface area contributed by atoms with Gasteiger partial charge in [-0.3, -0.25) is 0 Å². The first-order chi connectivity index (χ1) is 23.7. The molecule has 1 aliphatic rings. The van der Waals surface area contributed by atoms with E-state index in [1.807, 2.05) is 115 Å². The van der Waals surface area contributed by atoms with E-state index in [-0.39, 0.29) is 13.2 Å². The molecule has 7 heteroatoms. The van der Waals surface area contributed by atoms with Gasteiger partial charge in [0, 0.05) is 0 Å². The van der Waals surface area contributed by atoms with Crippen molar-refractivity contribution in [2.24, 2.45) is 0 Å². The summed E-state index contributed by atoms with van der Waals surface area (Å²) in [5.74, 6) is 0.777. The summed E-state index contributed by atoms with van der Waals surface area (Å²) >= 11 is 0. The van der Waals surface area contributed by atoms with Crippen molar-refractivity contribution in [1.82, 2.24) is 0 Å². The largest absolute Gasteiger partial charge is 0.497 e. The molecular formula is C41H46O7. The van der Waals surface area contributed by atoms with Crippen LogP contribution in [0.25, 0.3) is 0 Å². The van der Waals surface area contributed by atoms with Gasteiger partial charge in [-0.25, -0.2) is 0 Å². The Hall–Kier alpha value is -4.08. The van der Waals surface area contributed by atoms with Gasteiger partial charge in [-0.2, -0.15) is 0 Å². The minimum atomic E-state index is -0.598. The van der Waals surface area contributed by atoms with E-state index in [0.717, 1.165) is 28.0 Å². The molecule has 0 aliphatic heterocycles. The SMILES string of the molecule is C=CCO[C@H]1[C@H](OCC=C)[C@@H](OCc2ccccc2)[C@@H](OCc2ccccc2)[C@@H](OCc2ccc(OC)cc2)[C@@H]1OCc1ccccc1. The molecule has 6 atom stereocenters. The summed E-state index contributed by atoms with van der Waals surface area (Å²) in [6.45, 7) is 9.75. The van der Waals surface area contributed by atoms with Gasteiger partial charge in [0.2, 0.25) is 0 Å². The lowest BCUT2D eigenvalue weighted by Gasteiger charge is -2.49. The summed E-state index contributed by atoms with van der Waals surface area (Å²) < 4.78 is 45.6. The Morgan fingerprint density at radius 1 is 0.417 bits per heavy atom. The standard InChI is InChI=1S/C41H46O7/c1-4-25-43-36-37(44-26-5-2)39(46-28-32-17-11-7-12-18-32)41(48-30-34-21-23-35(42-3)24-22-34)40(47-29-33-19-13-8-14-20-33)38(36)45-27-31-15-9-6-10-16-31/h4-24,36-41H,1-2,25-30H2,3H3/t36-,37-,38+,39+,40+,41-/m0/s1. The Morgan fingerprint density at radius 3 is 1.00 bits per heavy atom. The van der Waals surface area contributed by atoms with Crippen molar-refractivity contribution in [1.29, 1.82) is 0 Å². The van der Waals surface area contributed by atoms with Gasteiger partial charge in [-0.15, -0.1) is 13.2 Å². The average molecular weight is 651 g/mol. The van der Waals surface area contributed by atoms with Crippen LogP contribution in [0.4, 0.5) is 0 Å². The number of hydrogen-bond donors (Lipinski definition) is 0. The minimum Gasteiger partial charge on any atom is -0.497 e. The van der Waals surface area contributed by atoms with Crippen LogP contribution in [-0.2, 0) is 54.8 Å². The highest BCUT2D eigenvalue weighted by atomic mass is 16.6. The van der Waals surface area contributed by atoms with E-state index >= 15 is 0 Å². The van der Waals surface area contributed by atoms with Crippen molar-refractivity contribution in [3.05, 3.63) is 163 Å². The molecule has 0 radical (unpaired) electrons. The molecule has 252 valence electrons. The number of ether oxygens (including phenoxy) is 7. The summed E-state index contributed by atoms with van der Waals surface area (Å²) in [6, 6.07) is 38.0. The molecule has 0 saturated heterocycles. The highest BCUT2D eigenvalue weighted by Gasteiger charge is 2.55. The van der Waals surface area contributed by atoms with Gasteiger partial charge in [0.1, 0.15) is 42.4 Å². The molecule has 1 fully saturated rings. The average Bonchev–Trinajstić information content (AvgIpc) is 3.14. The summed E-state index contributed by atoms with van der Waals surface area (Å²) in [6.07, 6.45) is -0.0603. The molecule has 0 unspecified atom stereocenters. The molecule has 7 nitrogen and oxygen atoms in total. The minimum absolute atomic E-state index is 0.288. The zero-order valence-corrected chi connectivity index (χ0v) is 27.6. The van der Waals surface area contributed by atoms with Crippen LogP contribution in [-0.4, -0.2) is 56.9 Å². The predicted molar refractivity (Wildman–Crippen MR) is 187 cm³/mol. The molecule has 1 saturated carbocycles. The van der Waals surface area contributed by atoms with Gasteiger partial charge >= 0.3 is 0 Å². The first kappa shape index (κ1) is 35.2. The topological polar surface area (TPSA) is 64.6 Å². The van der Waals surface area contributed by atoms with Gasteiger partial charge < -0.3 is 33.2 Å². The third-order valence-electron chi connectivity index (χ3n) is 8.21. The zero-order valence-electron chi connectivity index (χ0n) is 27.6. The van der Waals surface area contributed by atoms with E-state index in [1.54, 1.807) is 19.3 Å². The van der Waals surface area contributed by atoms with Crippen LogP contribution in [0.1, 0.15) is 22.3 Å². The van der Waals surface area contributed by atoms with Crippen LogP contribution in [0.3, 0.4) is 0 Å². The smallest absolute Gasteiger partial charge is 0.118 e. The van der Waals surface area contributed by atoms with Gasteiger partial charge in [-0.1, -0.05) is 115 Å². The van der Waals surface area contributed by atoms with Crippen LogP contribution in [0.15, 0.2) is 141 Å². The first-order valence-corrected chi connectivity index (χ1v) is 16.4. The third-order valence-corrected chi connectivity index (χ3v) is 8.21. The monoisotopic (exact) mass is 650 g/mol. The fourth-order valence-electron chi connectivity index (χ4n) is 5.83. The van der Waals surface area contributed by atoms with Crippen molar-refractivity contribution < 1.29 is 33.2 Å². The van der Waals surface area contributed by atoms with Gasteiger partial charge in [0.15, 0.2) is 0 Å². The molecular weight excluding hydrogens is 604 g/mol. The van der Waals surface area contributed by atoms with Gasteiger partial charge in [0.05, 0.1) is 46.8 Å². The van der Waals surface area contributed by atoms with E-state index in [4.69, 9.17) is 33.2 Å². The predicted octanol–water partition coefficient (Wildman–Crippen LogP) is 7.49. The Labute approximate surface area is 284 Å². The molecule has 0 bridgehead atoms. The third kappa shape index (κ3) is 9.97. The second-order valence-electron chi connectivity index (χ2n) is 11.6. The Balaban J connectivity index is 1.54. The van der Waals surface area contributed by atoms with Crippen LogP contribution >= 0.6 is 0 Å². The second kappa shape index (κ2) is 19.1. The lowest BCUT2D eigenvalue weighted by Crippen LogP contribution is -2.67. The first-order valence-electron chi connectivity index (χ1n) is 16.4. The van der Waals surface area contributed by atoms with E-state index in [0.29, 0.717) is 26.4 Å². The van der Waals surface area contributed by atoms with Crippen LogP contribution in [0.2, 0.25) is 0 Å². The highest BCUT2D eigenvalue weighted by Crippen LogP contribution is 2.36. The Kier molecular flexibility index (Phi) is 14.0. The van der Waals surface area contributed by atoms with Gasteiger partial charge in [-0.05, 0) is 34.4 Å². The molecule has 0 heterocycles. The number of rotatable bonds is 19. The maximum Gasteiger partial charge on any atom is 0.118 e. The van der Waals surface area contributed by atoms with Crippen LogP contribution in [0, 0.1) is 0 Å². The van der Waals surface area contributed by atoms with Crippen molar-refractivity contribution in [2.75, 3.05) is 20.3 Å². The molecule has 0 spiro atoms. The lowest BCUT2D eigenvalue weighted by molar-refractivity contribution is -0.286. The van der Waals surface area contributed by atoms with E-state index in [2.05, 4.69) is 13.2 Å². The maximum atomic E-state index is 6.84. The van der Waals surface area contributed by atoms with E-state index in [9.17, 15) is 0 Å². The Bertz CT molecular complexity index is 1480. The zero-order chi connectivity index (χ0) is 33.4. The quantitative estimate of drug-likeness (QED) is 0.0975. The van der Waals surface area contributed by atoms with Crippen molar-refractivity contribution in [3.8, 4) is 5.75 Å². The van der Waals surface area contributed by atoms with Crippen molar-refractivity contribution in [2.45, 2.75) is 63.1 Å². The fraction of sp³-hybridized carbons (Fsp3) is 0.317. The highest BCUT2D eigenvalue weighted by molar-refractivity contribution is 5.27. The van der Waals surface area contributed by atoms with Gasteiger partial charge in [0.25, 0.3) is 0 Å². The van der Waals surface area contributed by atoms with Crippen molar-refractivity contribution >= 4 is 0 Å². The number of benzene rings is 4. The molecule has 0 N–H and O–H groups in total. The maximum absolute atomic E-state index is 6.84. The molecule has 1 aliphatic carbocycles. The summed E-state index contributed by atoms with van der Waals surface area (Å²) in [4.78, 5) is 0. The molecule has 48 heavy (non-hydrogen) atoms. The molecule has 0 amide bonds. The summed E-state index contributed by atoms with van der Waals surface area (Å²) in [5.41, 5.74) is 4.07. The second-order valence-corrected chi connectivity index (χ2v) is 11.6. The molecule has 5 rings (SSSR count). The van der Waals surface area contributed by atoms with Crippen LogP contribution in [0.5, 0.6) is 5.75 Å². The Morgan fingerprint density at radius 2 is 0.708 bits per heavy atom. The number of methoxy groups -OCH3 is 1. The summed E-state index contributed by atoms with van der Waals surface area (Å²) in [5, 5.41) is 0. The van der Waals surface area contributed by atoms with E-state index < -0.39 is 36.6 Å². The molecule has 4 aromatic carbocycles. The normalized spacial score (nSPS) is 22.2. The summed E-state index contributed by atoms with van der Waals surface area (Å²) in [7, 11) is 1.65. The van der Waals surface area contributed by atoms with Crippen molar-refractivity contribution in [3.63, 3.8) is 0 Å². The lowest BCUT2D eigenvalue weighted by atomic mass is 9.83. The fourth-order valence-corrected chi connectivity index (χ4v) is 5.83. The molecule has 0 aromatic heterocycles. The van der Waals surface area contributed by atoms with Crippen LogP contribution < -0.4 is 4.74 Å². The van der Waals surface area contributed by atoms with E-state index in [1.165, 1.54) is 0 Å². The molecule has 4 aromatic rings. The number of hydrogen-bond acceptors (Lipinski definition) is 7.